The number of hydrogen-bond donors (Lipinski definition) is 2. The summed E-state index contributed by atoms with van der Waals surface area (Å²) in [7, 11) is 1.70. The van der Waals surface area contributed by atoms with Crippen molar-refractivity contribution in [3.8, 4) is 11.3 Å². The molecule has 0 aliphatic rings. The van der Waals surface area contributed by atoms with Gasteiger partial charge in [0.25, 0.3) is 5.56 Å². The molecule has 4 nitrogen and oxygen atoms in total. The number of hydrogen-bond acceptors (Lipinski definition) is 3. The van der Waals surface area contributed by atoms with Gasteiger partial charge in [-0.1, -0.05) is 12.1 Å². The Labute approximate surface area is 104 Å². The molecule has 5 heteroatoms. The largest absolute Gasteiger partial charge is 0.326 e. The first-order valence-electron chi connectivity index (χ1n) is 5.29. The van der Waals surface area contributed by atoms with Crippen molar-refractivity contribution in [1.82, 2.24) is 9.78 Å². The van der Waals surface area contributed by atoms with Crippen LogP contribution in [0.4, 0.5) is 0 Å². The van der Waals surface area contributed by atoms with Crippen molar-refractivity contribution in [3.05, 3.63) is 40.2 Å². The van der Waals surface area contributed by atoms with Crippen molar-refractivity contribution in [1.29, 1.82) is 0 Å². The highest BCUT2D eigenvalue weighted by Gasteiger charge is 2.12. The average Bonchev–Trinajstić information content (AvgIpc) is 2.65. The Bertz CT molecular complexity index is 568. The summed E-state index contributed by atoms with van der Waals surface area (Å²) in [4.78, 5) is 13.0. The molecule has 0 fully saturated rings. The molecule has 0 aliphatic heterocycles. The zero-order valence-corrected chi connectivity index (χ0v) is 10.7. The number of aromatic nitrogens is 2. The second-order valence-corrected chi connectivity index (χ2v) is 4.64. The van der Waals surface area contributed by atoms with Crippen molar-refractivity contribution < 1.29 is 0 Å². The molecule has 0 aliphatic carbocycles. The van der Waals surface area contributed by atoms with Gasteiger partial charge in [-0.2, -0.15) is 0 Å². The van der Waals surface area contributed by atoms with Crippen LogP contribution >= 0.6 is 11.8 Å². The minimum Gasteiger partial charge on any atom is -0.326 e. The van der Waals surface area contributed by atoms with E-state index in [0.717, 1.165) is 11.3 Å². The molecule has 90 valence electrons. The van der Waals surface area contributed by atoms with Gasteiger partial charge in [0, 0.05) is 24.1 Å². The second-order valence-electron chi connectivity index (χ2n) is 3.76. The van der Waals surface area contributed by atoms with Gasteiger partial charge in [-0.15, -0.1) is 11.8 Å². The number of nitrogens with zero attached hydrogens (tertiary/aromatic N) is 1. The van der Waals surface area contributed by atoms with E-state index in [1.807, 2.05) is 30.5 Å². The molecule has 1 aromatic carbocycles. The maximum atomic E-state index is 11.8. The molecule has 0 unspecified atom stereocenters. The van der Waals surface area contributed by atoms with E-state index in [-0.39, 0.29) is 12.1 Å². The summed E-state index contributed by atoms with van der Waals surface area (Å²) in [6.07, 6.45) is 2.03. The molecule has 0 radical (unpaired) electrons. The van der Waals surface area contributed by atoms with E-state index in [2.05, 4.69) is 5.10 Å². The van der Waals surface area contributed by atoms with Crippen molar-refractivity contribution in [2.75, 3.05) is 6.26 Å². The molecular weight excluding hydrogens is 234 g/mol. The van der Waals surface area contributed by atoms with Crippen LogP contribution < -0.4 is 11.3 Å². The number of H-pyrrole nitrogens is 1. The zero-order valence-electron chi connectivity index (χ0n) is 9.86. The van der Waals surface area contributed by atoms with Gasteiger partial charge < -0.3 is 5.73 Å². The maximum absolute atomic E-state index is 11.8. The lowest BCUT2D eigenvalue weighted by atomic mass is 10.1. The van der Waals surface area contributed by atoms with E-state index < -0.39 is 0 Å². The number of nitrogens with two attached hydrogens (primary N) is 1. The molecule has 0 saturated carbocycles. The molecule has 2 aromatic rings. The smallest absolute Gasteiger partial charge is 0.271 e. The van der Waals surface area contributed by atoms with Gasteiger partial charge in [-0.25, -0.2) is 0 Å². The number of aromatic amines is 1. The quantitative estimate of drug-likeness (QED) is 0.811. The highest BCUT2D eigenvalue weighted by atomic mass is 32.2. The van der Waals surface area contributed by atoms with Gasteiger partial charge >= 0.3 is 0 Å². The van der Waals surface area contributed by atoms with Crippen LogP contribution in [0, 0.1) is 0 Å². The van der Waals surface area contributed by atoms with Crippen LogP contribution in [0.1, 0.15) is 5.56 Å². The van der Waals surface area contributed by atoms with Crippen LogP contribution in [0.2, 0.25) is 0 Å². The summed E-state index contributed by atoms with van der Waals surface area (Å²) in [5, 5.41) is 3.03. The monoisotopic (exact) mass is 249 g/mol. The third kappa shape index (κ3) is 2.16. The third-order valence-corrected chi connectivity index (χ3v) is 3.47. The Morgan fingerprint density at radius 2 is 2.00 bits per heavy atom. The Morgan fingerprint density at radius 1 is 1.35 bits per heavy atom. The van der Waals surface area contributed by atoms with Gasteiger partial charge in [0.2, 0.25) is 0 Å². The van der Waals surface area contributed by atoms with Gasteiger partial charge in [0.1, 0.15) is 0 Å². The van der Waals surface area contributed by atoms with Crippen LogP contribution in [0.5, 0.6) is 0 Å². The van der Waals surface area contributed by atoms with E-state index in [0.29, 0.717) is 5.56 Å². The molecule has 0 amide bonds. The summed E-state index contributed by atoms with van der Waals surface area (Å²) in [6, 6.07) is 8.06. The van der Waals surface area contributed by atoms with Gasteiger partial charge in [-0.05, 0) is 18.4 Å². The zero-order chi connectivity index (χ0) is 12.4. The van der Waals surface area contributed by atoms with Crippen LogP contribution in [-0.4, -0.2) is 16.0 Å². The molecule has 1 aromatic heterocycles. The molecule has 0 saturated heterocycles. The van der Waals surface area contributed by atoms with E-state index in [1.165, 1.54) is 9.58 Å². The maximum Gasteiger partial charge on any atom is 0.271 e. The standard InChI is InChI=1S/C12H15N3OS/c1-15-12(16)10(7-13)11(14-15)8-3-5-9(17-2)6-4-8/h3-6,14H,7,13H2,1-2H3. The van der Waals surface area contributed by atoms with Gasteiger partial charge in [-0.3, -0.25) is 14.6 Å². The first-order valence-corrected chi connectivity index (χ1v) is 6.52. The lowest BCUT2D eigenvalue weighted by Crippen LogP contribution is -2.17. The number of thioether (sulfide) groups is 1. The summed E-state index contributed by atoms with van der Waals surface area (Å²) in [5.74, 6) is 0. The van der Waals surface area contributed by atoms with Crippen molar-refractivity contribution in [2.24, 2.45) is 12.8 Å². The topological polar surface area (TPSA) is 63.8 Å². The van der Waals surface area contributed by atoms with E-state index in [4.69, 9.17) is 5.73 Å². The summed E-state index contributed by atoms with van der Waals surface area (Å²) < 4.78 is 1.46. The normalized spacial score (nSPS) is 10.8. The Kier molecular flexibility index (Phi) is 3.40. The van der Waals surface area contributed by atoms with Gasteiger partial charge in [0.05, 0.1) is 11.3 Å². The lowest BCUT2D eigenvalue weighted by Gasteiger charge is -2.02. The molecule has 17 heavy (non-hydrogen) atoms. The predicted octanol–water partition coefficient (Wildman–Crippen LogP) is 1.56. The fraction of sp³-hybridized carbons (Fsp3) is 0.250. The van der Waals surface area contributed by atoms with E-state index in [9.17, 15) is 4.79 Å². The molecule has 1 heterocycles. The summed E-state index contributed by atoms with van der Waals surface area (Å²) in [6.45, 7) is 0.246. The highest BCUT2D eigenvalue weighted by Crippen LogP contribution is 2.22. The first-order chi connectivity index (χ1) is 8.17. The predicted molar refractivity (Wildman–Crippen MR) is 71.1 cm³/mol. The molecule has 0 bridgehead atoms. The minimum absolute atomic E-state index is 0.0588. The SMILES string of the molecule is CSc1ccc(-c2[nH]n(C)c(=O)c2CN)cc1. The van der Waals surface area contributed by atoms with E-state index >= 15 is 0 Å². The first kappa shape index (κ1) is 12.0. The Hall–Kier alpha value is -1.46. The fourth-order valence-electron chi connectivity index (χ4n) is 1.78. The molecule has 0 spiro atoms. The molecule has 2 rings (SSSR count). The van der Waals surface area contributed by atoms with E-state index in [1.54, 1.807) is 18.8 Å². The van der Waals surface area contributed by atoms with Crippen molar-refractivity contribution >= 4 is 11.8 Å². The minimum atomic E-state index is -0.0588. The van der Waals surface area contributed by atoms with Crippen LogP contribution in [0.25, 0.3) is 11.3 Å². The van der Waals surface area contributed by atoms with Crippen molar-refractivity contribution in [2.45, 2.75) is 11.4 Å². The van der Waals surface area contributed by atoms with Crippen molar-refractivity contribution in [3.63, 3.8) is 0 Å². The summed E-state index contributed by atoms with van der Waals surface area (Å²) in [5.41, 5.74) is 7.99. The number of rotatable bonds is 3. The molecule has 3 N–H and O–H groups in total. The number of nitrogens with one attached hydrogen (secondary N) is 1. The highest BCUT2D eigenvalue weighted by molar-refractivity contribution is 7.98. The Balaban J connectivity index is 2.52. The van der Waals surface area contributed by atoms with Crippen LogP contribution in [0.3, 0.4) is 0 Å². The van der Waals surface area contributed by atoms with Crippen LogP contribution in [0.15, 0.2) is 34.0 Å². The summed E-state index contributed by atoms with van der Waals surface area (Å²) >= 11 is 1.69. The molecular formula is C12H15N3OS. The molecule has 0 atom stereocenters. The number of aryl methyl sites for hydroxylation is 1. The average molecular weight is 249 g/mol. The fourth-order valence-corrected chi connectivity index (χ4v) is 2.19. The number of benzene rings is 1. The van der Waals surface area contributed by atoms with Crippen LogP contribution in [-0.2, 0) is 13.6 Å². The third-order valence-electron chi connectivity index (χ3n) is 2.73. The second kappa shape index (κ2) is 4.81. The van der Waals surface area contributed by atoms with Gasteiger partial charge in [0.15, 0.2) is 0 Å². The lowest BCUT2D eigenvalue weighted by molar-refractivity contribution is 0.739. The Morgan fingerprint density at radius 3 is 2.53 bits per heavy atom.